The first kappa shape index (κ1) is 10.9. The average molecular weight is 312 g/mol. The summed E-state index contributed by atoms with van der Waals surface area (Å²) in [7, 11) is 0. The summed E-state index contributed by atoms with van der Waals surface area (Å²) in [6.07, 6.45) is 5.00. The summed E-state index contributed by atoms with van der Waals surface area (Å²) in [4.78, 5) is 0.0247. The van der Waals surface area contributed by atoms with E-state index in [2.05, 4.69) is 53.2 Å². The van der Waals surface area contributed by atoms with Gasteiger partial charge < -0.3 is 0 Å². The molecule has 0 unspecified atom stereocenters. The van der Waals surface area contributed by atoms with Gasteiger partial charge in [0.15, 0.2) is 0 Å². The molecule has 0 aliphatic heterocycles. The Bertz CT molecular complexity index is 477. The van der Waals surface area contributed by atoms with Crippen LogP contribution in [0.4, 0.5) is 0 Å². The molecule has 2 heteroatoms. The second kappa shape index (κ2) is 2.77. The van der Waals surface area contributed by atoms with Crippen molar-refractivity contribution in [3.8, 4) is 0 Å². The van der Waals surface area contributed by atoms with Gasteiger partial charge in [-0.05, 0) is 36.7 Å². The van der Waals surface area contributed by atoms with E-state index in [1.807, 2.05) is 0 Å². The van der Waals surface area contributed by atoms with Crippen LogP contribution in [0.25, 0.3) is 0 Å². The SMILES string of the molecule is C[C@]1(c2ccccc2)C[C@]1(Cl)C12CC(Br)(C1)C2. The van der Waals surface area contributed by atoms with Gasteiger partial charge in [-0.3, -0.25) is 0 Å². The van der Waals surface area contributed by atoms with E-state index in [1.165, 1.54) is 24.8 Å². The first-order valence-corrected chi connectivity index (χ1v) is 7.54. The molecule has 0 radical (unpaired) electrons. The number of rotatable bonds is 2. The molecule has 0 spiro atoms. The highest BCUT2D eigenvalue weighted by atomic mass is 79.9. The first-order valence-electron chi connectivity index (χ1n) is 6.37. The maximum absolute atomic E-state index is 7.01. The minimum atomic E-state index is 0.0247. The standard InChI is InChI=1S/C15H16BrCl/c1-12(11-5-3-2-4-6-11)7-15(12,17)13-8-14(16,9-13)10-13/h2-6H,7-10H2,1H3/t12-,13?,14?,15-/m1/s1. The number of alkyl halides is 2. The van der Waals surface area contributed by atoms with Crippen molar-refractivity contribution in [1.29, 1.82) is 0 Å². The Balaban J connectivity index is 1.67. The van der Waals surface area contributed by atoms with Gasteiger partial charge in [0.2, 0.25) is 0 Å². The topological polar surface area (TPSA) is 0 Å². The molecule has 2 atom stereocenters. The maximum atomic E-state index is 7.01. The van der Waals surface area contributed by atoms with Crippen LogP contribution in [0.2, 0.25) is 0 Å². The maximum Gasteiger partial charge on any atom is 0.0607 e. The smallest absolute Gasteiger partial charge is 0.0607 e. The van der Waals surface area contributed by atoms with Crippen LogP contribution in [0.5, 0.6) is 0 Å². The summed E-state index contributed by atoms with van der Waals surface area (Å²) >= 11 is 10.8. The van der Waals surface area contributed by atoms with E-state index >= 15 is 0 Å². The highest BCUT2D eigenvalue weighted by Gasteiger charge is 2.84. The van der Waals surface area contributed by atoms with Gasteiger partial charge in [0.25, 0.3) is 0 Å². The number of hydrogen-bond donors (Lipinski definition) is 0. The molecule has 0 aromatic heterocycles. The van der Waals surface area contributed by atoms with Gasteiger partial charge in [0, 0.05) is 9.74 Å². The molecule has 1 aromatic carbocycles. The quantitative estimate of drug-likeness (QED) is 0.698. The van der Waals surface area contributed by atoms with Gasteiger partial charge in [0.1, 0.15) is 0 Å². The molecular formula is C15H16BrCl. The first-order chi connectivity index (χ1) is 7.93. The molecule has 0 saturated heterocycles. The zero-order valence-electron chi connectivity index (χ0n) is 9.97. The lowest BCUT2D eigenvalue weighted by atomic mass is 9.41. The predicted octanol–water partition coefficient (Wildman–Crippen LogP) is 4.64. The fourth-order valence-corrected chi connectivity index (χ4v) is 6.62. The van der Waals surface area contributed by atoms with Gasteiger partial charge in [-0.2, -0.15) is 0 Å². The molecule has 2 bridgehead atoms. The van der Waals surface area contributed by atoms with Crippen molar-refractivity contribution in [2.75, 3.05) is 0 Å². The van der Waals surface area contributed by atoms with Crippen LogP contribution in [0.3, 0.4) is 0 Å². The van der Waals surface area contributed by atoms with E-state index in [-0.39, 0.29) is 10.3 Å². The zero-order valence-corrected chi connectivity index (χ0v) is 12.3. The largest absolute Gasteiger partial charge is 0.118 e. The van der Waals surface area contributed by atoms with E-state index in [9.17, 15) is 0 Å². The molecule has 0 heterocycles. The Morgan fingerprint density at radius 1 is 1.06 bits per heavy atom. The highest BCUT2D eigenvalue weighted by molar-refractivity contribution is 9.10. The molecule has 0 nitrogen and oxygen atoms in total. The minimum Gasteiger partial charge on any atom is -0.118 e. The Hall–Kier alpha value is -0.0100. The van der Waals surface area contributed by atoms with Crippen LogP contribution in [-0.2, 0) is 5.41 Å². The van der Waals surface area contributed by atoms with Gasteiger partial charge >= 0.3 is 0 Å². The fraction of sp³-hybridized carbons (Fsp3) is 0.600. The Kier molecular flexibility index (Phi) is 1.77. The molecule has 17 heavy (non-hydrogen) atoms. The van der Waals surface area contributed by atoms with Crippen molar-refractivity contribution in [1.82, 2.24) is 0 Å². The van der Waals surface area contributed by atoms with Gasteiger partial charge in [-0.15, -0.1) is 11.6 Å². The normalized spacial score (nSPS) is 54.8. The molecule has 1 aromatic rings. The molecule has 4 fully saturated rings. The number of halogens is 2. The summed E-state index contributed by atoms with van der Waals surface area (Å²) in [6, 6.07) is 10.8. The van der Waals surface area contributed by atoms with E-state index in [0.29, 0.717) is 9.74 Å². The fourth-order valence-electron chi connectivity index (χ4n) is 4.44. The Labute approximate surface area is 116 Å². The third-order valence-corrected chi connectivity index (χ3v) is 7.36. The van der Waals surface area contributed by atoms with E-state index in [0.717, 1.165) is 6.42 Å². The van der Waals surface area contributed by atoms with Crippen LogP contribution in [0.1, 0.15) is 38.2 Å². The van der Waals surface area contributed by atoms with Crippen molar-refractivity contribution in [3.63, 3.8) is 0 Å². The van der Waals surface area contributed by atoms with Crippen molar-refractivity contribution < 1.29 is 0 Å². The second-order valence-electron chi connectivity index (χ2n) is 6.64. The van der Waals surface area contributed by atoms with Crippen LogP contribution in [0, 0.1) is 5.41 Å². The van der Waals surface area contributed by atoms with E-state index in [1.54, 1.807) is 0 Å². The summed E-state index contributed by atoms with van der Waals surface area (Å²) in [5, 5.41) is 0. The molecule has 4 saturated carbocycles. The Morgan fingerprint density at radius 3 is 2.18 bits per heavy atom. The lowest BCUT2D eigenvalue weighted by molar-refractivity contribution is -0.0848. The summed E-state index contributed by atoms with van der Waals surface area (Å²) in [5.41, 5.74) is 2.05. The molecule has 0 amide bonds. The third-order valence-electron chi connectivity index (χ3n) is 5.56. The summed E-state index contributed by atoms with van der Waals surface area (Å²) < 4.78 is 0.467. The van der Waals surface area contributed by atoms with Crippen molar-refractivity contribution >= 4 is 27.5 Å². The molecule has 90 valence electrons. The van der Waals surface area contributed by atoms with Crippen LogP contribution >= 0.6 is 27.5 Å². The Morgan fingerprint density at radius 2 is 1.65 bits per heavy atom. The summed E-state index contributed by atoms with van der Waals surface area (Å²) in [5.74, 6) is 0. The lowest BCUT2D eigenvalue weighted by Gasteiger charge is -2.71. The van der Waals surface area contributed by atoms with E-state index in [4.69, 9.17) is 11.6 Å². The second-order valence-corrected chi connectivity index (χ2v) is 8.97. The lowest BCUT2D eigenvalue weighted by Crippen LogP contribution is -2.69. The minimum absolute atomic E-state index is 0.0247. The van der Waals surface area contributed by atoms with Crippen LogP contribution in [-0.4, -0.2) is 9.20 Å². The molecule has 0 N–H and O–H groups in total. The monoisotopic (exact) mass is 310 g/mol. The van der Waals surface area contributed by atoms with Gasteiger partial charge in [-0.25, -0.2) is 0 Å². The molecule has 4 aliphatic rings. The molecule has 4 aliphatic carbocycles. The predicted molar refractivity (Wildman–Crippen MR) is 74.9 cm³/mol. The van der Waals surface area contributed by atoms with Gasteiger partial charge in [0.05, 0.1) is 4.87 Å². The van der Waals surface area contributed by atoms with Crippen molar-refractivity contribution in [3.05, 3.63) is 35.9 Å². The van der Waals surface area contributed by atoms with E-state index < -0.39 is 0 Å². The third kappa shape index (κ3) is 1.07. The molecular weight excluding hydrogens is 296 g/mol. The van der Waals surface area contributed by atoms with Crippen molar-refractivity contribution in [2.45, 2.75) is 47.2 Å². The van der Waals surface area contributed by atoms with Crippen molar-refractivity contribution in [2.24, 2.45) is 5.41 Å². The zero-order chi connectivity index (χ0) is 11.9. The number of benzene rings is 1. The van der Waals surface area contributed by atoms with Crippen LogP contribution in [0.15, 0.2) is 30.3 Å². The van der Waals surface area contributed by atoms with Crippen LogP contribution < -0.4 is 0 Å². The summed E-state index contributed by atoms with van der Waals surface area (Å²) in [6.45, 7) is 2.34. The highest BCUT2D eigenvalue weighted by Crippen LogP contribution is 2.85. The van der Waals surface area contributed by atoms with Gasteiger partial charge in [-0.1, -0.05) is 53.2 Å². The average Bonchev–Trinajstić information content (AvgIpc) is 2.80. The number of hydrogen-bond acceptors (Lipinski definition) is 0. The molecule has 5 rings (SSSR count).